The van der Waals surface area contributed by atoms with E-state index in [2.05, 4.69) is 24.3 Å². The van der Waals surface area contributed by atoms with Gasteiger partial charge in [-0.05, 0) is 37.5 Å². The zero-order valence-electron chi connectivity index (χ0n) is 19.2. The van der Waals surface area contributed by atoms with Crippen LogP contribution in [0.15, 0.2) is 48.5 Å². The molecule has 2 saturated heterocycles. The van der Waals surface area contributed by atoms with Crippen LogP contribution in [0.4, 0.5) is 0 Å². The number of ether oxygens (including phenoxy) is 4. The standard InChI is InChI=1S/C26H33NO5/c1-4-31-21-17-23(19-8-6-5-7-9-19)32-26(18-21)12-14-27(15-13-26)25(28)22-11-10-20(29-2)16-24(22)30-3/h5-11,16,21,23H,4,12-15,17-18H2,1-3H3/t21-,23-/m0/s1. The van der Waals surface area contributed by atoms with Gasteiger partial charge in [0.2, 0.25) is 0 Å². The second kappa shape index (κ2) is 9.92. The Labute approximate surface area is 190 Å². The molecule has 2 aromatic rings. The predicted octanol–water partition coefficient (Wildman–Crippen LogP) is 4.64. The van der Waals surface area contributed by atoms with Gasteiger partial charge in [-0.1, -0.05) is 30.3 Å². The summed E-state index contributed by atoms with van der Waals surface area (Å²) in [5.74, 6) is 1.18. The van der Waals surface area contributed by atoms with Crippen LogP contribution in [0.1, 0.15) is 54.6 Å². The maximum absolute atomic E-state index is 13.2. The van der Waals surface area contributed by atoms with Crippen LogP contribution in [-0.4, -0.2) is 56.4 Å². The summed E-state index contributed by atoms with van der Waals surface area (Å²) in [4.78, 5) is 15.1. The normalized spacial score (nSPS) is 22.5. The molecule has 2 aliphatic rings. The van der Waals surface area contributed by atoms with E-state index < -0.39 is 0 Å². The number of carbonyl (C=O) groups excluding carboxylic acids is 1. The summed E-state index contributed by atoms with van der Waals surface area (Å²) in [5, 5.41) is 0. The van der Waals surface area contributed by atoms with E-state index in [0.29, 0.717) is 36.8 Å². The second-order valence-electron chi connectivity index (χ2n) is 8.58. The van der Waals surface area contributed by atoms with E-state index in [0.717, 1.165) is 25.7 Å². The summed E-state index contributed by atoms with van der Waals surface area (Å²) in [6, 6.07) is 15.7. The van der Waals surface area contributed by atoms with Crippen LogP contribution in [0.25, 0.3) is 0 Å². The quantitative estimate of drug-likeness (QED) is 0.657. The molecule has 2 heterocycles. The first-order valence-corrected chi connectivity index (χ1v) is 11.4. The lowest BCUT2D eigenvalue weighted by Crippen LogP contribution is -2.52. The maximum atomic E-state index is 13.2. The monoisotopic (exact) mass is 439 g/mol. The van der Waals surface area contributed by atoms with E-state index in [1.807, 2.05) is 17.9 Å². The lowest BCUT2D eigenvalue weighted by atomic mass is 9.80. The molecular weight excluding hydrogens is 406 g/mol. The first-order chi connectivity index (χ1) is 15.6. The van der Waals surface area contributed by atoms with Crippen molar-refractivity contribution < 1.29 is 23.7 Å². The lowest BCUT2D eigenvalue weighted by Gasteiger charge is -2.48. The van der Waals surface area contributed by atoms with Crippen molar-refractivity contribution >= 4 is 5.91 Å². The molecule has 2 aliphatic heterocycles. The Morgan fingerprint density at radius 3 is 2.50 bits per heavy atom. The first kappa shape index (κ1) is 22.6. The lowest BCUT2D eigenvalue weighted by molar-refractivity contribution is -0.190. The predicted molar refractivity (Wildman–Crippen MR) is 122 cm³/mol. The third-order valence-electron chi connectivity index (χ3n) is 6.64. The van der Waals surface area contributed by atoms with E-state index in [4.69, 9.17) is 18.9 Å². The Morgan fingerprint density at radius 2 is 1.84 bits per heavy atom. The maximum Gasteiger partial charge on any atom is 0.257 e. The van der Waals surface area contributed by atoms with Crippen LogP contribution in [0.5, 0.6) is 11.5 Å². The van der Waals surface area contributed by atoms with Gasteiger partial charge in [-0.2, -0.15) is 0 Å². The smallest absolute Gasteiger partial charge is 0.257 e. The van der Waals surface area contributed by atoms with Crippen LogP contribution >= 0.6 is 0 Å². The third-order valence-corrected chi connectivity index (χ3v) is 6.64. The van der Waals surface area contributed by atoms with Crippen molar-refractivity contribution in [2.45, 2.75) is 50.4 Å². The molecule has 1 spiro atoms. The van der Waals surface area contributed by atoms with Gasteiger partial charge < -0.3 is 23.8 Å². The van der Waals surface area contributed by atoms with E-state index in [1.165, 1.54) is 5.56 Å². The number of hydrogen-bond acceptors (Lipinski definition) is 5. The molecule has 1 amide bonds. The number of nitrogens with zero attached hydrogens (tertiary/aromatic N) is 1. The van der Waals surface area contributed by atoms with Gasteiger partial charge in [-0.15, -0.1) is 0 Å². The number of carbonyl (C=O) groups is 1. The number of likely N-dealkylation sites (tertiary alicyclic amines) is 1. The average molecular weight is 440 g/mol. The van der Waals surface area contributed by atoms with Crippen LogP contribution in [-0.2, 0) is 9.47 Å². The van der Waals surface area contributed by atoms with Gasteiger partial charge in [-0.3, -0.25) is 4.79 Å². The number of methoxy groups -OCH3 is 2. The topological polar surface area (TPSA) is 57.2 Å². The summed E-state index contributed by atoms with van der Waals surface area (Å²) in [6.07, 6.45) is 3.52. The van der Waals surface area contributed by atoms with Gasteiger partial charge in [0.25, 0.3) is 5.91 Å². The Hall–Kier alpha value is -2.57. The fourth-order valence-corrected chi connectivity index (χ4v) is 4.95. The van der Waals surface area contributed by atoms with E-state index in [1.54, 1.807) is 32.4 Å². The molecule has 0 saturated carbocycles. The van der Waals surface area contributed by atoms with Gasteiger partial charge in [0, 0.05) is 38.6 Å². The minimum Gasteiger partial charge on any atom is -0.497 e. The Kier molecular flexibility index (Phi) is 7.01. The highest BCUT2D eigenvalue weighted by atomic mass is 16.5. The number of piperidine rings is 1. The van der Waals surface area contributed by atoms with E-state index >= 15 is 0 Å². The van der Waals surface area contributed by atoms with Crippen LogP contribution in [0, 0.1) is 0 Å². The van der Waals surface area contributed by atoms with Crippen molar-refractivity contribution in [1.29, 1.82) is 0 Å². The van der Waals surface area contributed by atoms with Crippen LogP contribution in [0.3, 0.4) is 0 Å². The highest BCUT2D eigenvalue weighted by Gasteiger charge is 2.45. The minimum absolute atomic E-state index is 0.0175. The molecule has 2 aromatic carbocycles. The molecule has 172 valence electrons. The van der Waals surface area contributed by atoms with Crippen molar-refractivity contribution in [2.24, 2.45) is 0 Å². The Balaban J connectivity index is 1.48. The van der Waals surface area contributed by atoms with Crippen molar-refractivity contribution in [1.82, 2.24) is 4.90 Å². The van der Waals surface area contributed by atoms with E-state index in [9.17, 15) is 4.79 Å². The zero-order valence-corrected chi connectivity index (χ0v) is 19.2. The molecule has 6 nitrogen and oxygen atoms in total. The molecule has 2 fully saturated rings. The first-order valence-electron chi connectivity index (χ1n) is 11.4. The molecular formula is C26H33NO5. The Morgan fingerprint density at radius 1 is 1.09 bits per heavy atom. The van der Waals surface area contributed by atoms with Crippen molar-refractivity contribution in [3.8, 4) is 11.5 Å². The fourth-order valence-electron chi connectivity index (χ4n) is 4.95. The fraction of sp³-hybridized carbons (Fsp3) is 0.500. The van der Waals surface area contributed by atoms with Crippen molar-refractivity contribution in [3.63, 3.8) is 0 Å². The summed E-state index contributed by atoms with van der Waals surface area (Å²) in [6.45, 7) is 4.04. The third kappa shape index (κ3) is 4.76. The van der Waals surface area contributed by atoms with Crippen LogP contribution < -0.4 is 9.47 Å². The molecule has 4 rings (SSSR count). The number of amides is 1. The highest BCUT2D eigenvalue weighted by Crippen LogP contribution is 2.44. The summed E-state index contributed by atoms with van der Waals surface area (Å²) >= 11 is 0. The molecule has 32 heavy (non-hydrogen) atoms. The molecule has 0 unspecified atom stereocenters. The van der Waals surface area contributed by atoms with Gasteiger partial charge in [0.1, 0.15) is 11.5 Å². The van der Waals surface area contributed by atoms with Crippen molar-refractivity contribution in [2.75, 3.05) is 33.9 Å². The molecule has 0 radical (unpaired) electrons. The summed E-state index contributed by atoms with van der Waals surface area (Å²) in [5.41, 5.74) is 1.49. The van der Waals surface area contributed by atoms with Gasteiger partial charge in [0.05, 0.1) is 37.6 Å². The van der Waals surface area contributed by atoms with Gasteiger partial charge in [0.15, 0.2) is 0 Å². The molecule has 2 atom stereocenters. The number of hydrogen-bond donors (Lipinski definition) is 0. The number of rotatable bonds is 6. The largest absolute Gasteiger partial charge is 0.497 e. The van der Waals surface area contributed by atoms with Crippen molar-refractivity contribution in [3.05, 3.63) is 59.7 Å². The average Bonchev–Trinajstić information content (AvgIpc) is 2.84. The van der Waals surface area contributed by atoms with Crippen LogP contribution in [0.2, 0.25) is 0 Å². The molecule has 0 bridgehead atoms. The SMILES string of the molecule is CCO[C@H]1C[C@@H](c2ccccc2)OC2(CCN(C(=O)c3ccc(OC)cc3OC)CC2)C1. The minimum atomic E-state index is -0.265. The molecule has 0 N–H and O–H groups in total. The molecule has 0 aliphatic carbocycles. The van der Waals surface area contributed by atoms with E-state index in [-0.39, 0.29) is 23.7 Å². The summed E-state index contributed by atoms with van der Waals surface area (Å²) < 4.78 is 23.5. The highest BCUT2D eigenvalue weighted by molar-refractivity contribution is 5.97. The zero-order chi connectivity index (χ0) is 22.6. The van der Waals surface area contributed by atoms with Gasteiger partial charge in [-0.25, -0.2) is 0 Å². The Bertz CT molecular complexity index is 908. The van der Waals surface area contributed by atoms with Gasteiger partial charge >= 0.3 is 0 Å². The summed E-state index contributed by atoms with van der Waals surface area (Å²) in [7, 11) is 3.17. The number of benzene rings is 2. The molecule has 6 heteroatoms. The second-order valence-corrected chi connectivity index (χ2v) is 8.58. The molecule has 0 aromatic heterocycles.